The second kappa shape index (κ2) is 7.58. The largest absolute Gasteiger partial charge is 0.480 e. The maximum absolute atomic E-state index is 12.1. The van der Waals surface area contributed by atoms with Crippen molar-refractivity contribution in [3.05, 3.63) is 0 Å². The van der Waals surface area contributed by atoms with Crippen LogP contribution in [0.5, 0.6) is 0 Å². The van der Waals surface area contributed by atoms with Gasteiger partial charge in [-0.25, -0.2) is 4.79 Å². The second-order valence-corrected chi connectivity index (χ2v) is 5.27. The zero-order valence-corrected chi connectivity index (χ0v) is 12.3. The number of rotatable bonds is 8. The Hall–Kier alpha value is -2.16. The number of hydrogen-bond acceptors (Lipinski definition) is 5. The van der Waals surface area contributed by atoms with Crippen molar-refractivity contribution < 1.29 is 24.3 Å². The number of amides is 3. The van der Waals surface area contributed by atoms with Crippen LogP contribution in [0.15, 0.2) is 0 Å². The summed E-state index contributed by atoms with van der Waals surface area (Å²) in [4.78, 5) is 45.4. The Balaban J connectivity index is 4.93. The molecule has 0 aliphatic heterocycles. The predicted octanol–water partition coefficient (Wildman–Crippen LogP) is -1.94. The van der Waals surface area contributed by atoms with Crippen LogP contribution in [0, 0.1) is 0 Å². The lowest BCUT2D eigenvalue weighted by Gasteiger charge is -2.25. The first-order chi connectivity index (χ1) is 9.47. The standard InChI is InChI=1S/C12H22N4O5/c1-6(13)9(18)15-7(4-5-8(14)17)10(19)16-12(2,3)11(20)21/h6-7H,4-5,13H2,1-3H3,(H2,14,17)(H,15,18)(H,16,19)(H,20,21)/t6-,7-/m0/s1. The van der Waals surface area contributed by atoms with Crippen LogP contribution in [0.1, 0.15) is 33.6 Å². The van der Waals surface area contributed by atoms with Gasteiger partial charge in [-0.3, -0.25) is 14.4 Å². The molecular formula is C12H22N4O5. The summed E-state index contributed by atoms with van der Waals surface area (Å²) < 4.78 is 0. The van der Waals surface area contributed by atoms with Crippen LogP contribution in [0.25, 0.3) is 0 Å². The van der Waals surface area contributed by atoms with Gasteiger partial charge >= 0.3 is 5.97 Å². The first kappa shape index (κ1) is 18.8. The molecule has 0 aromatic rings. The van der Waals surface area contributed by atoms with Crippen LogP contribution in [-0.2, 0) is 19.2 Å². The van der Waals surface area contributed by atoms with Gasteiger partial charge in [0.1, 0.15) is 11.6 Å². The highest BCUT2D eigenvalue weighted by molar-refractivity contribution is 5.93. The van der Waals surface area contributed by atoms with E-state index in [4.69, 9.17) is 16.6 Å². The number of carbonyl (C=O) groups excluding carboxylic acids is 3. The van der Waals surface area contributed by atoms with Crippen LogP contribution in [-0.4, -0.2) is 46.4 Å². The third-order valence-corrected chi connectivity index (χ3v) is 2.70. The average molecular weight is 302 g/mol. The highest BCUT2D eigenvalue weighted by Gasteiger charge is 2.32. The molecule has 0 saturated carbocycles. The van der Waals surface area contributed by atoms with E-state index in [0.29, 0.717) is 0 Å². The lowest BCUT2D eigenvalue weighted by atomic mass is 10.0. The molecule has 0 heterocycles. The van der Waals surface area contributed by atoms with Crippen LogP contribution in [0.4, 0.5) is 0 Å². The molecule has 9 heteroatoms. The zero-order chi connectivity index (χ0) is 16.8. The lowest BCUT2D eigenvalue weighted by molar-refractivity contribution is -0.146. The first-order valence-corrected chi connectivity index (χ1v) is 6.37. The fourth-order valence-corrected chi connectivity index (χ4v) is 1.31. The molecule has 120 valence electrons. The summed E-state index contributed by atoms with van der Waals surface area (Å²) in [6.45, 7) is 4.02. The van der Waals surface area contributed by atoms with E-state index in [1.54, 1.807) is 0 Å². The van der Waals surface area contributed by atoms with Gasteiger partial charge in [0.2, 0.25) is 17.7 Å². The molecule has 21 heavy (non-hydrogen) atoms. The van der Waals surface area contributed by atoms with Gasteiger partial charge in [-0.05, 0) is 27.2 Å². The maximum Gasteiger partial charge on any atom is 0.328 e. The molecule has 0 aliphatic carbocycles. The number of nitrogens with one attached hydrogen (secondary N) is 2. The topological polar surface area (TPSA) is 165 Å². The Bertz CT molecular complexity index is 433. The van der Waals surface area contributed by atoms with E-state index in [1.807, 2.05) is 0 Å². The summed E-state index contributed by atoms with van der Waals surface area (Å²) in [5.41, 5.74) is 8.88. The van der Waals surface area contributed by atoms with Gasteiger partial charge in [-0.1, -0.05) is 0 Å². The molecule has 0 fully saturated rings. The van der Waals surface area contributed by atoms with Crippen molar-refractivity contribution in [3.63, 3.8) is 0 Å². The monoisotopic (exact) mass is 302 g/mol. The Morgan fingerprint density at radius 2 is 1.71 bits per heavy atom. The molecule has 7 N–H and O–H groups in total. The van der Waals surface area contributed by atoms with Crippen molar-refractivity contribution >= 4 is 23.7 Å². The van der Waals surface area contributed by atoms with Gasteiger partial charge in [0.25, 0.3) is 0 Å². The lowest BCUT2D eigenvalue weighted by Crippen LogP contribution is -2.57. The second-order valence-electron chi connectivity index (χ2n) is 5.27. The predicted molar refractivity (Wildman–Crippen MR) is 73.9 cm³/mol. The Kier molecular flexibility index (Phi) is 6.80. The Labute approximate surface area is 122 Å². The highest BCUT2D eigenvalue weighted by atomic mass is 16.4. The van der Waals surface area contributed by atoms with Crippen LogP contribution < -0.4 is 22.1 Å². The Morgan fingerprint density at radius 1 is 1.19 bits per heavy atom. The van der Waals surface area contributed by atoms with Crippen LogP contribution >= 0.6 is 0 Å². The summed E-state index contributed by atoms with van der Waals surface area (Å²) in [6.07, 6.45) is -0.180. The summed E-state index contributed by atoms with van der Waals surface area (Å²) in [5.74, 6) is -3.19. The van der Waals surface area contributed by atoms with Gasteiger partial charge in [-0.2, -0.15) is 0 Å². The fraction of sp³-hybridized carbons (Fsp3) is 0.667. The van der Waals surface area contributed by atoms with Crippen molar-refractivity contribution in [1.82, 2.24) is 10.6 Å². The highest BCUT2D eigenvalue weighted by Crippen LogP contribution is 2.05. The van der Waals surface area contributed by atoms with Crippen LogP contribution in [0.3, 0.4) is 0 Å². The quantitative estimate of drug-likeness (QED) is 0.350. The third kappa shape index (κ3) is 6.70. The SMILES string of the molecule is C[C@H](N)C(=O)N[C@@H](CCC(N)=O)C(=O)NC(C)(C)C(=O)O. The third-order valence-electron chi connectivity index (χ3n) is 2.70. The number of nitrogens with two attached hydrogens (primary N) is 2. The zero-order valence-electron chi connectivity index (χ0n) is 12.3. The molecule has 0 spiro atoms. The number of carboxylic acids is 1. The number of hydrogen-bond donors (Lipinski definition) is 5. The van der Waals surface area contributed by atoms with Crippen molar-refractivity contribution in [3.8, 4) is 0 Å². The molecule has 3 amide bonds. The van der Waals surface area contributed by atoms with E-state index < -0.39 is 41.3 Å². The smallest absolute Gasteiger partial charge is 0.328 e. The summed E-state index contributed by atoms with van der Waals surface area (Å²) in [6, 6.07) is -1.93. The summed E-state index contributed by atoms with van der Waals surface area (Å²) >= 11 is 0. The van der Waals surface area contributed by atoms with Gasteiger partial charge in [0, 0.05) is 6.42 Å². The minimum Gasteiger partial charge on any atom is -0.480 e. The van der Waals surface area contributed by atoms with Crippen LogP contribution in [0.2, 0.25) is 0 Å². The van der Waals surface area contributed by atoms with E-state index in [9.17, 15) is 19.2 Å². The first-order valence-electron chi connectivity index (χ1n) is 6.37. The molecule has 9 nitrogen and oxygen atoms in total. The van der Waals surface area contributed by atoms with E-state index in [0.717, 1.165) is 0 Å². The minimum atomic E-state index is -1.51. The number of aliphatic carboxylic acids is 1. The molecule has 0 radical (unpaired) electrons. The van der Waals surface area contributed by atoms with Gasteiger partial charge in [-0.15, -0.1) is 0 Å². The maximum atomic E-state index is 12.1. The average Bonchev–Trinajstić information content (AvgIpc) is 2.32. The normalized spacial score (nSPS) is 13.9. The molecule has 0 unspecified atom stereocenters. The fourth-order valence-electron chi connectivity index (χ4n) is 1.31. The number of carboxylic acid groups (broad SMARTS) is 1. The van der Waals surface area contributed by atoms with Crippen molar-refractivity contribution in [1.29, 1.82) is 0 Å². The van der Waals surface area contributed by atoms with E-state index in [1.165, 1.54) is 20.8 Å². The van der Waals surface area contributed by atoms with Crippen molar-refractivity contribution in [2.75, 3.05) is 0 Å². The number of carbonyl (C=O) groups is 4. The minimum absolute atomic E-state index is 0.0463. The van der Waals surface area contributed by atoms with Gasteiger partial charge < -0.3 is 27.2 Å². The van der Waals surface area contributed by atoms with E-state index >= 15 is 0 Å². The van der Waals surface area contributed by atoms with Gasteiger partial charge in [0.05, 0.1) is 6.04 Å². The number of primary amides is 1. The van der Waals surface area contributed by atoms with Crippen molar-refractivity contribution in [2.45, 2.75) is 51.2 Å². The molecular weight excluding hydrogens is 280 g/mol. The molecule has 0 bridgehead atoms. The van der Waals surface area contributed by atoms with E-state index in [2.05, 4.69) is 10.6 Å². The molecule has 0 aliphatic rings. The molecule has 0 aromatic heterocycles. The molecule has 2 atom stereocenters. The van der Waals surface area contributed by atoms with Gasteiger partial charge in [0.15, 0.2) is 0 Å². The Morgan fingerprint density at radius 3 is 2.10 bits per heavy atom. The van der Waals surface area contributed by atoms with Crippen molar-refractivity contribution in [2.24, 2.45) is 11.5 Å². The molecule has 0 rings (SSSR count). The molecule has 0 aromatic carbocycles. The van der Waals surface area contributed by atoms with E-state index in [-0.39, 0.29) is 12.8 Å². The molecule has 0 saturated heterocycles. The summed E-state index contributed by atoms with van der Waals surface area (Å²) in [5, 5.41) is 13.6. The summed E-state index contributed by atoms with van der Waals surface area (Å²) in [7, 11) is 0.